The summed E-state index contributed by atoms with van der Waals surface area (Å²) in [6.07, 6.45) is 1.04. The van der Waals surface area contributed by atoms with Crippen LogP contribution >= 0.6 is 11.6 Å². The van der Waals surface area contributed by atoms with Gasteiger partial charge in [-0.3, -0.25) is 4.79 Å². The van der Waals surface area contributed by atoms with Crippen LogP contribution in [0.3, 0.4) is 0 Å². The van der Waals surface area contributed by atoms with Gasteiger partial charge in [0.1, 0.15) is 11.5 Å². The molecule has 1 saturated heterocycles. The lowest BCUT2D eigenvalue weighted by Crippen LogP contribution is -2.43. The molecule has 1 N–H and O–H groups in total. The molecule has 0 aliphatic carbocycles. The number of nitrogens with one attached hydrogen (secondary N) is 1. The van der Waals surface area contributed by atoms with Gasteiger partial charge in [0.2, 0.25) is 0 Å². The molecule has 1 aliphatic rings. The first kappa shape index (κ1) is 12.4. The van der Waals surface area contributed by atoms with Crippen molar-refractivity contribution in [1.29, 1.82) is 0 Å². The van der Waals surface area contributed by atoms with E-state index in [4.69, 9.17) is 16.3 Å². The lowest BCUT2D eigenvalue weighted by atomic mass is 9.94. The van der Waals surface area contributed by atoms with Crippen molar-refractivity contribution in [2.75, 3.05) is 20.2 Å². The molecule has 1 aromatic rings. The molecule has 0 radical (unpaired) electrons. The zero-order chi connectivity index (χ0) is 12.3. The second kappa shape index (κ2) is 5.52. The Bertz CT molecular complexity index is 416. The van der Waals surface area contributed by atoms with Crippen molar-refractivity contribution in [1.82, 2.24) is 5.32 Å². The van der Waals surface area contributed by atoms with E-state index in [9.17, 15) is 4.79 Å². The monoisotopic (exact) mass is 253 g/mol. The first-order valence-electron chi connectivity index (χ1n) is 5.74. The Morgan fingerprint density at radius 3 is 2.88 bits per heavy atom. The fourth-order valence-electron chi connectivity index (χ4n) is 1.98. The molecule has 0 spiro atoms. The Balaban J connectivity index is 2.00. The molecule has 0 atom stereocenters. The fraction of sp³-hybridized carbons (Fsp3) is 0.462. The number of Topliss-reactive ketones (excluding diaryl/α,β-unsaturated/α-hetero) is 1. The fourth-order valence-corrected chi connectivity index (χ4v) is 2.18. The molecule has 0 amide bonds. The van der Waals surface area contributed by atoms with Crippen LogP contribution in [0.25, 0.3) is 0 Å². The molecule has 0 aromatic heterocycles. The highest BCUT2D eigenvalue weighted by Crippen LogP contribution is 2.24. The standard InChI is InChI=1S/C13H16ClNO2/c1-17-13-3-2-11(14)5-10(13)6-12(16)4-9-7-15-8-9/h2-3,5,9,15H,4,6-8H2,1H3. The second-order valence-corrected chi connectivity index (χ2v) is 4.84. The predicted molar refractivity (Wildman–Crippen MR) is 67.7 cm³/mol. The third kappa shape index (κ3) is 3.20. The van der Waals surface area contributed by atoms with Crippen LogP contribution in [-0.4, -0.2) is 26.0 Å². The zero-order valence-electron chi connectivity index (χ0n) is 9.83. The van der Waals surface area contributed by atoms with Crippen molar-refractivity contribution in [2.45, 2.75) is 12.8 Å². The molecule has 0 unspecified atom stereocenters. The van der Waals surface area contributed by atoms with E-state index in [0.717, 1.165) is 24.4 Å². The topological polar surface area (TPSA) is 38.3 Å². The van der Waals surface area contributed by atoms with Gasteiger partial charge in [-0.1, -0.05) is 11.6 Å². The van der Waals surface area contributed by atoms with E-state index >= 15 is 0 Å². The van der Waals surface area contributed by atoms with Crippen molar-refractivity contribution in [3.05, 3.63) is 28.8 Å². The molecule has 17 heavy (non-hydrogen) atoms. The number of carbonyl (C=O) groups excluding carboxylic acids is 1. The first-order valence-corrected chi connectivity index (χ1v) is 6.11. The van der Waals surface area contributed by atoms with Crippen LogP contribution in [0, 0.1) is 5.92 Å². The second-order valence-electron chi connectivity index (χ2n) is 4.40. The molecule has 3 nitrogen and oxygen atoms in total. The summed E-state index contributed by atoms with van der Waals surface area (Å²) in [5.41, 5.74) is 0.872. The van der Waals surface area contributed by atoms with Crippen LogP contribution in [0.15, 0.2) is 18.2 Å². The van der Waals surface area contributed by atoms with Gasteiger partial charge in [0, 0.05) is 23.4 Å². The first-order chi connectivity index (χ1) is 8.19. The Morgan fingerprint density at radius 2 is 2.29 bits per heavy atom. The molecule has 0 bridgehead atoms. The van der Waals surface area contributed by atoms with Crippen LogP contribution in [0.1, 0.15) is 12.0 Å². The summed E-state index contributed by atoms with van der Waals surface area (Å²) in [5, 5.41) is 3.80. The lowest BCUT2D eigenvalue weighted by molar-refractivity contribution is -0.119. The van der Waals surface area contributed by atoms with Gasteiger partial charge in [-0.2, -0.15) is 0 Å². The van der Waals surface area contributed by atoms with Crippen molar-refractivity contribution >= 4 is 17.4 Å². The highest BCUT2D eigenvalue weighted by atomic mass is 35.5. The molecule has 0 saturated carbocycles. The highest BCUT2D eigenvalue weighted by molar-refractivity contribution is 6.30. The minimum absolute atomic E-state index is 0.247. The normalized spacial score (nSPS) is 15.4. The van der Waals surface area contributed by atoms with E-state index in [1.165, 1.54) is 0 Å². The number of ketones is 1. The van der Waals surface area contributed by atoms with Gasteiger partial charge in [0.15, 0.2) is 0 Å². The highest BCUT2D eigenvalue weighted by Gasteiger charge is 2.20. The third-order valence-electron chi connectivity index (χ3n) is 3.01. The van der Waals surface area contributed by atoms with Crippen molar-refractivity contribution in [3.63, 3.8) is 0 Å². The van der Waals surface area contributed by atoms with Crippen LogP contribution in [0.5, 0.6) is 5.75 Å². The number of benzene rings is 1. The quantitative estimate of drug-likeness (QED) is 0.873. The van der Waals surface area contributed by atoms with Gasteiger partial charge in [0.05, 0.1) is 7.11 Å². The summed E-state index contributed by atoms with van der Waals surface area (Å²) in [5.74, 6) is 1.49. The maximum absolute atomic E-state index is 11.9. The summed E-state index contributed by atoms with van der Waals surface area (Å²) in [4.78, 5) is 11.9. The van der Waals surface area contributed by atoms with E-state index in [0.29, 0.717) is 23.8 Å². The Morgan fingerprint density at radius 1 is 1.53 bits per heavy atom. The largest absolute Gasteiger partial charge is 0.496 e. The predicted octanol–water partition coefficient (Wildman–Crippen LogP) is 2.07. The van der Waals surface area contributed by atoms with Gasteiger partial charge in [-0.15, -0.1) is 0 Å². The molecule has 1 fully saturated rings. The summed E-state index contributed by atoms with van der Waals surface area (Å²) in [7, 11) is 1.60. The van der Waals surface area contributed by atoms with Crippen LogP contribution in [-0.2, 0) is 11.2 Å². The van der Waals surface area contributed by atoms with Crippen LogP contribution in [0.2, 0.25) is 5.02 Å². The molecular formula is C13H16ClNO2. The van der Waals surface area contributed by atoms with E-state index in [2.05, 4.69) is 5.32 Å². The minimum atomic E-state index is 0.247. The van der Waals surface area contributed by atoms with Crippen LogP contribution < -0.4 is 10.1 Å². The molecular weight excluding hydrogens is 238 g/mol. The van der Waals surface area contributed by atoms with E-state index in [1.807, 2.05) is 0 Å². The summed E-state index contributed by atoms with van der Waals surface area (Å²) < 4.78 is 5.22. The van der Waals surface area contributed by atoms with Crippen molar-refractivity contribution in [3.8, 4) is 5.75 Å². The van der Waals surface area contributed by atoms with Gasteiger partial charge in [0.25, 0.3) is 0 Å². The van der Waals surface area contributed by atoms with Gasteiger partial charge >= 0.3 is 0 Å². The number of rotatable bonds is 5. The molecule has 1 aliphatic heterocycles. The van der Waals surface area contributed by atoms with Gasteiger partial charge in [-0.25, -0.2) is 0 Å². The molecule has 92 valence electrons. The average Bonchev–Trinajstić information content (AvgIpc) is 2.24. The van der Waals surface area contributed by atoms with Gasteiger partial charge in [-0.05, 0) is 37.2 Å². The Labute approximate surface area is 106 Å². The molecule has 4 heteroatoms. The van der Waals surface area contributed by atoms with Crippen molar-refractivity contribution < 1.29 is 9.53 Å². The number of carbonyl (C=O) groups is 1. The lowest BCUT2D eigenvalue weighted by Gasteiger charge is -2.26. The maximum Gasteiger partial charge on any atom is 0.137 e. The smallest absolute Gasteiger partial charge is 0.137 e. The molecule has 1 aromatic carbocycles. The zero-order valence-corrected chi connectivity index (χ0v) is 10.6. The van der Waals surface area contributed by atoms with Crippen molar-refractivity contribution in [2.24, 2.45) is 5.92 Å². The third-order valence-corrected chi connectivity index (χ3v) is 3.25. The Hall–Kier alpha value is -1.06. The SMILES string of the molecule is COc1ccc(Cl)cc1CC(=O)CC1CNC1. The summed E-state index contributed by atoms with van der Waals surface area (Å²) in [6.45, 7) is 1.91. The average molecular weight is 254 g/mol. The number of halogens is 1. The summed E-state index contributed by atoms with van der Waals surface area (Å²) in [6, 6.07) is 5.37. The van der Waals surface area contributed by atoms with E-state index in [1.54, 1.807) is 25.3 Å². The maximum atomic E-state index is 11.9. The minimum Gasteiger partial charge on any atom is -0.496 e. The number of methoxy groups -OCH3 is 1. The van der Waals surface area contributed by atoms with E-state index < -0.39 is 0 Å². The summed E-state index contributed by atoms with van der Waals surface area (Å²) >= 11 is 5.92. The number of hydrogen-bond acceptors (Lipinski definition) is 3. The van der Waals surface area contributed by atoms with E-state index in [-0.39, 0.29) is 5.78 Å². The molecule has 1 heterocycles. The molecule has 2 rings (SSSR count). The van der Waals surface area contributed by atoms with Gasteiger partial charge < -0.3 is 10.1 Å². The number of hydrogen-bond donors (Lipinski definition) is 1. The number of ether oxygens (including phenoxy) is 1. The Kier molecular flexibility index (Phi) is 4.02. The van der Waals surface area contributed by atoms with Crippen LogP contribution in [0.4, 0.5) is 0 Å².